The highest BCUT2D eigenvalue weighted by Crippen LogP contribution is 2.26. The second kappa shape index (κ2) is 4.35. The summed E-state index contributed by atoms with van der Waals surface area (Å²) in [6, 6.07) is 2.18. The van der Waals surface area contributed by atoms with Gasteiger partial charge >= 0.3 is 0 Å². The zero-order valence-electron chi connectivity index (χ0n) is 9.77. The number of aromatic nitrogens is 3. The van der Waals surface area contributed by atoms with Crippen LogP contribution in [0.15, 0.2) is 12.4 Å². The molecule has 1 atom stereocenters. The van der Waals surface area contributed by atoms with Crippen LogP contribution in [0.25, 0.3) is 0 Å². The molecular weight excluding hydrogens is 220 g/mol. The van der Waals surface area contributed by atoms with Gasteiger partial charge in [-0.05, 0) is 25.5 Å². The lowest BCUT2D eigenvalue weighted by molar-refractivity contribution is 0.635. The smallest absolute Gasteiger partial charge is 0.138 e. The quantitative estimate of drug-likeness (QED) is 0.883. The highest BCUT2D eigenvalue weighted by Gasteiger charge is 2.13. The Morgan fingerprint density at radius 3 is 2.75 bits per heavy atom. The first-order valence-electron chi connectivity index (χ1n) is 5.23. The summed E-state index contributed by atoms with van der Waals surface area (Å²) in [5.41, 5.74) is 7.48. The van der Waals surface area contributed by atoms with Gasteiger partial charge in [-0.25, -0.2) is 4.98 Å². The van der Waals surface area contributed by atoms with Crippen LogP contribution in [0.3, 0.4) is 0 Å². The van der Waals surface area contributed by atoms with Crippen molar-refractivity contribution >= 4 is 11.3 Å². The maximum absolute atomic E-state index is 6.17. The molecule has 2 N–H and O–H groups in total. The zero-order valence-corrected chi connectivity index (χ0v) is 10.6. The molecule has 0 amide bonds. The summed E-state index contributed by atoms with van der Waals surface area (Å²) in [5, 5.41) is 4.04. The molecule has 0 saturated heterocycles. The van der Waals surface area contributed by atoms with Crippen molar-refractivity contribution in [3.63, 3.8) is 0 Å². The number of aryl methyl sites for hydroxylation is 3. The van der Waals surface area contributed by atoms with Crippen LogP contribution in [0.1, 0.15) is 27.2 Å². The Morgan fingerprint density at radius 1 is 1.50 bits per heavy atom. The molecule has 0 spiro atoms. The van der Waals surface area contributed by atoms with Gasteiger partial charge in [0.05, 0.1) is 0 Å². The van der Waals surface area contributed by atoms with Gasteiger partial charge in [-0.1, -0.05) is 0 Å². The first-order valence-corrected chi connectivity index (χ1v) is 6.05. The Balaban J connectivity index is 2.14. The van der Waals surface area contributed by atoms with Crippen LogP contribution in [0.2, 0.25) is 0 Å². The summed E-state index contributed by atoms with van der Waals surface area (Å²) in [4.78, 5) is 6.74. The molecule has 2 aromatic rings. The standard InChI is InChI=1S/C11H16N4S/c1-7-4-10(16-8(7)2)9(12)5-11-13-6-14-15(11)3/h4,6,9H,5,12H2,1-3H3. The molecule has 86 valence electrons. The second-order valence-electron chi connectivity index (χ2n) is 4.00. The van der Waals surface area contributed by atoms with E-state index in [1.165, 1.54) is 15.3 Å². The topological polar surface area (TPSA) is 56.7 Å². The molecule has 5 heteroatoms. The predicted molar refractivity (Wildman–Crippen MR) is 65.4 cm³/mol. The van der Waals surface area contributed by atoms with Crippen LogP contribution < -0.4 is 5.73 Å². The predicted octanol–water partition coefficient (Wildman–Crippen LogP) is 1.74. The molecule has 2 rings (SSSR count). The van der Waals surface area contributed by atoms with E-state index < -0.39 is 0 Å². The van der Waals surface area contributed by atoms with E-state index in [1.807, 2.05) is 7.05 Å². The Kier molecular flexibility index (Phi) is 3.07. The number of hydrogen-bond donors (Lipinski definition) is 1. The fraction of sp³-hybridized carbons (Fsp3) is 0.455. The second-order valence-corrected chi connectivity index (χ2v) is 5.29. The molecule has 0 aliphatic rings. The average Bonchev–Trinajstić information content (AvgIpc) is 2.76. The van der Waals surface area contributed by atoms with Crippen LogP contribution in [0, 0.1) is 13.8 Å². The zero-order chi connectivity index (χ0) is 11.7. The molecule has 0 saturated carbocycles. The van der Waals surface area contributed by atoms with E-state index in [0.29, 0.717) is 0 Å². The summed E-state index contributed by atoms with van der Waals surface area (Å²) in [5.74, 6) is 0.927. The molecule has 16 heavy (non-hydrogen) atoms. The minimum Gasteiger partial charge on any atom is -0.323 e. The highest BCUT2D eigenvalue weighted by molar-refractivity contribution is 7.12. The van der Waals surface area contributed by atoms with Crippen molar-refractivity contribution in [2.45, 2.75) is 26.3 Å². The van der Waals surface area contributed by atoms with Gasteiger partial charge in [0.1, 0.15) is 12.2 Å². The van der Waals surface area contributed by atoms with Gasteiger partial charge in [0.15, 0.2) is 0 Å². The molecule has 0 fully saturated rings. The van der Waals surface area contributed by atoms with Crippen molar-refractivity contribution in [2.75, 3.05) is 0 Å². The van der Waals surface area contributed by atoms with Gasteiger partial charge in [0.25, 0.3) is 0 Å². The van der Waals surface area contributed by atoms with Gasteiger partial charge in [-0.15, -0.1) is 11.3 Å². The molecule has 0 aliphatic heterocycles. The average molecular weight is 236 g/mol. The van der Waals surface area contributed by atoms with E-state index in [1.54, 1.807) is 22.3 Å². The van der Waals surface area contributed by atoms with E-state index in [-0.39, 0.29) is 6.04 Å². The van der Waals surface area contributed by atoms with Gasteiger partial charge < -0.3 is 5.73 Å². The Hall–Kier alpha value is -1.20. The first kappa shape index (κ1) is 11.3. The van der Waals surface area contributed by atoms with Crippen molar-refractivity contribution in [1.29, 1.82) is 0 Å². The molecule has 2 heterocycles. The van der Waals surface area contributed by atoms with Crippen molar-refractivity contribution in [1.82, 2.24) is 14.8 Å². The van der Waals surface area contributed by atoms with Crippen molar-refractivity contribution in [2.24, 2.45) is 12.8 Å². The van der Waals surface area contributed by atoms with Gasteiger partial charge in [0, 0.05) is 29.3 Å². The molecule has 2 aromatic heterocycles. The summed E-state index contributed by atoms with van der Waals surface area (Å²) >= 11 is 1.77. The monoisotopic (exact) mass is 236 g/mol. The molecule has 0 radical (unpaired) electrons. The van der Waals surface area contributed by atoms with Crippen LogP contribution in [-0.2, 0) is 13.5 Å². The van der Waals surface area contributed by atoms with Gasteiger partial charge in [0.2, 0.25) is 0 Å². The largest absolute Gasteiger partial charge is 0.323 e. The third-order valence-corrected chi connectivity index (χ3v) is 4.04. The first-order chi connectivity index (χ1) is 7.58. The van der Waals surface area contributed by atoms with Crippen molar-refractivity contribution in [3.8, 4) is 0 Å². The summed E-state index contributed by atoms with van der Waals surface area (Å²) in [6.07, 6.45) is 2.29. The normalized spacial score (nSPS) is 13.0. The minimum absolute atomic E-state index is 0.0142. The Labute approximate surface area is 99.1 Å². The number of thiophene rings is 1. The highest BCUT2D eigenvalue weighted by atomic mass is 32.1. The number of nitrogens with two attached hydrogens (primary N) is 1. The maximum Gasteiger partial charge on any atom is 0.138 e. The van der Waals surface area contributed by atoms with Crippen molar-refractivity contribution < 1.29 is 0 Å². The molecule has 4 nitrogen and oxygen atoms in total. The molecule has 0 aliphatic carbocycles. The lowest BCUT2D eigenvalue weighted by Gasteiger charge is -2.08. The SMILES string of the molecule is Cc1cc(C(N)Cc2ncnn2C)sc1C. The Bertz CT molecular complexity index is 466. The molecule has 0 bridgehead atoms. The van der Waals surface area contributed by atoms with Crippen LogP contribution in [-0.4, -0.2) is 14.8 Å². The molecule has 1 unspecified atom stereocenters. The van der Waals surface area contributed by atoms with Gasteiger partial charge in [-0.3, -0.25) is 4.68 Å². The Morgan fingerprint density at radius 2 is 2.25 bits per heavy atom. The third kappa shape index (κ3) is 2.15. The van der Waals surface area contributed by atoms with Crippen LogP contribution in [0.5, 0.6) is 0 Å². The number of hydrogen-bond acceptors (Lipinski definition) is 4. The summed E-state index contributed by atoms with van der Waals surface area (Å²) < 4.78 is 1.77. The fourth-order valence-corrected chi connectivity index (χ4v) is 2.63. The van der Waals surface area contributed by atoms with E-state index >= 15 is 0 Å². The van der Waals surface area contributed by atoms with E-state index in [2.05, 4.69) is 30.0 Å². The maximum atomic E-state index is 6.17. The molecule has 0 aromatic carbocycles. The van der Waals surface area contributed by atoms with Gasteiger partial charge in [-0.2, -0.15) is 5.10 Å². The fourth-order valence-electron chi connectivity index (χ4n) is 1.59. The molecular formula is C11H16N4S. The summed E-state index contributed by atoms with van der Waals surface area (Å²) in [6.45, 7) is 4.24. The van der Waals surface area contributed by atoms with Crippen LogP contribution >= 0.6 is 11.3 Å². The summed E-state index contributed by atoms with van der Waals surface area (Å²) in [7, 11) is 1.89. The third-order valence-electron chi connectivity index (χ3n) is 2.76. The lowest BCUT2D eigenvalue weighted by Crippen LogP contribution is -2.14. The number of nitrogens with zero attached hydrogens (tertiary/aromatic N) is 3. The minimum atomic E-state index is 0.0142. The number of rotatable bonds is 3. The van der Waals surface area contributed by atoms with E-state index in [0.717, 1.165) is 12.2 Å². The van der Waals surface area contributed by atoms with E-state index in [9.17, 15) is 0 Å². The van der Waals surface area contributed by atoms with Crippen LogP contribution in [0.4, 0.5) is 0 Å². The van der Waals surface area contributed by atoms with Crippen molar-refractivity contribution in [3.05, 3.63) is 33.5 Å². The van der Waals surface area contributed by atoms with E-state index in [4.69, 9.17) is 5.73 Å². The lowest BCUT2D eigenvalue weighted by atomic mass is 10.1.